The standard InChI is InChI=1S/C35H45N5O6/c1-23-18-30(38-32(44)19-35(2,3)37-20-26(43)22-42)33(45)40(31-11-7-5-8-27(23)31)21-24-12-14-25(15-13-24)28-9-4-6-10-29(28)39-34(46)36-16-17-41/h4-15,23,26,30,37,41-43H,16-22H2,1-3H3,(H,38,44)(H2,36,39,46)/t23?,26-,30?/m0/s1. The molecular formula is C35H45N5O6. The van der Waals surface area contributed by atoms with Gasteiger partial charge in [0, 0.05) is 36.3 Å². The van der Waals surface area contributed by atoms with Crippen LogP contribution in [0.1, 0.15) is 50.7 Å². The SMILES string of the molecule is CC1CC(NC(=O)CC(C)(C)NC[C@H](O)CO)C(=O)N(Cc2ccc(-c3ccccc3NC(=O)NCCO)cc2)c2ccccc21. The molecule has 1 aliphatic heterocycles. The van der Waals surface area contributed by atoms with Gasteiger partial charge in [-0.1, -0.05) is 67.6 Å². The molecule has 246 valence electrons. The molecule has 0 aliphatic carbocycles. The maximum atomic E-state index is 14.1. The summed E-state index contributed by atoms with van der Waals surface area (Å²) >= 11 is 0. The lowest BCUT2D eigenvalue weighted by atomic mass is 9.93. The molecule has 0 bridgehead atoms. The van der Waals surface area contributed by atoms with Crippen LogP contribution in [-0.4, -0.2) is 77.2 Å². The number of carbonyl (C=O) groups excluding carboxylic acids is 3. The molecule has 3 aromatic rings. The number of aliphatic hydroxyl groups is 3. The normalized spacial score (nSPS) is 17.1. The zero-order valence-corrected chi connectivity index (χ0v) is 26.6. The van der Waals surface area contributed by atoms with Crippen molar-refractivity contribution in [3.63, 3.8) is 0 Å². The van der Waals surface area contributed by atoms with Crippen molar-refractivity contribution in [2.45, 2.75) is 63.8 Å². The number of urea groups is 1. The maximum Gasteiger partial charge on any atom is 0.319 e. The van der Waals surface area contributed by atoms with Gasteiger partial charge in [0.1, 0.15) is 6.04 Å². The number of carbonyl (C=O) groups is 3. The van der Waals surface area contributed by atoms with Crippen molar-refractivity contribution >= 4 is 29.2 Å². The highest BCUT2D eigenvalue weighted by atomic mass is 16.3. The number of aliphatic hydroxyl groups excluding tert-OH is 3. The Morgan fingerprint density at radius 1 is 1.00 bits per heavy atom. The summed E-state index contributed by atoms with van der Waals surface area (Å²) in [6.07, 6.45) is -0.399. The zero-order valence-electron chi connectivity index (χ0n) is 26.6. The van der Waals surface area contributed by atoms with Crippen molar-refractivity contribution < 1.29 is 29.7 Å². The fourth-order valence-electron chi connectivity index (χ4n) is 5.64. The lowest BCUT2D eigenvalue weighted by Crippen LogP contribution is -2.51. The molecule has 0 radical (unpaired) electrons. The maximum absolute atomic E-state index is 14.1. The van der Waals surface area contributed by atoms with Gasteiger partial charge in [-0.05, 0) is 55.0 Å². The van der Waals surface area contributed by atoms with Crippen LogP contribution in [0.3, 0.4) is 0 Å². The predicted octanol–water partition coefficient (Wildman–Crippen LogP) is 3.10. The number of para-hydroxylation sites is 2. The molecule has 4 rings (SSSR count). The molecule has 0 fully saturated rings. The number of nitrogens with one attached hydrogen (secondary N) is 4. The van der Waals surface area contributed by atoms with E-state index in [1.807, 2.05) is 80.6 Å². The van der Waals surface area contributed by atoms with Gasteiger partial charge in [-0.3, -0.25) is 9.59 Å². The number of amides is 4. The van der Waals surface area contributed by atoms with Crippen LogP contribution in [0.5, 0.6) is 0 Å². The second-order valence-corrected chi connectivity index (χ2v) is 12.4. The molecule has 11 heteroatoms. The van der Waals surface area contributed by atoms with Gasteiger partial charge in [0.2, 0.25) is 11.8 Å². The summed E-state index contributed by atoms with van der Waals surface area (Å²) in [6, 6.07) is 21.9. The first-order valence-corrected chi connectivity index (χ1v) is 15.6. The lowest BCUT2D eigenvalue weighted by molar-refractivity contribution is -0.128. The van der Waals surface area contributed by atoms with E-state index < -0.39 is 23.7 Å². The number of benzene rings is 3. The summed E-state index contributed by atoms with van der Waals surface area (Å²) < 4.78 is 0. The number of rotatable bonds is 13. The quantitative estimate of drug-likeness (QED) is 0.152. The third kappa shape index (κ3) is 9.13. The Labute approximate surface area is 270 Å². The average molecular weight is 632 g/mol. The highest BCUT2D eigenvalue weighted by molar-refractivity contribution is 6.01. The van der Waals surface area contributed by atoms with Crippen molar-refractivity contribution in [3.8, 4) is 11.1 Å². The average Bonchev–Trinajstić information content (AvgIpc) is 3.13. The van der Waals surface area contributed by atoms with Crippen molar-refractivity contribution in [3.05, 3.63) is 83.9 Å². The fourth-order valence-corrected chi connectivity index (χ4v) is 5.64. The summed E-state index contributed by atoms with van der Waals surface area (Å²) in [4.78, 5) is 41.2. The predicted molar refractivity (Wildman–Crippen MR) is 178 cm³/mol. The third-order valence-electron chi connectivity index (χ3n) is 8.05. The first kappa shape index (κ1) is 34.6. The van der Waals surface area contributed by atoms with Gasteiger partial charge in [0.15, 0.2) is 0 Å². The summed E-state index contributed by atoms with van der Waals surface area (Å²) in [7, 11) is 0. The van der Waals surface area contributed by atoms with Crippen LogP contribution < -0.4 is 26.2 Å². The van der Waals surface area contributed by atoms with Gasteiger partial charge < -0.3 is 41.5 Å². The van der Waals surface area contributed by atoms with Gasteiger partial charge in [0.25, 0.3) is 0 Å². The van der Waals surface area contributed by atoms with Crippen LogP contribution in [-0.2, 0) is 16.1 Å². The highest BCUT2D eigenvalue weighted by Gasteiger charge is 2.35. The summed E-state index contributed by atoms with van der Waals surface area (Å²) in [5, 5.41) is 39.3. The van der Waals surface area contributed by atoms with Crippen LogP contribution >= 0.6 is 0 Å². The van der Waals surface area contributed by atoms with Crippen LogP contribution in [0.2, 0.25) is 0 Å². The van der Waals surface area contributed by atoms with Crippen LogP contribution in [0.15, 0.2) is 72.8 Å². The Hall–Kier alpha value is -4.29. The molecule has 0 spiro atoms. The van der Waals surface area contributed by atoms with E-state index in [1.165, 1.54) is 0 Å². The number of nitrogens with zero attached hydrogens (tertiary/aromatic N) is 1. The van der Waals surface area contributed by atoms with Gasteiger partial charge in [-0.2, -0.15) is 0 Å². The van der Waals surface area contributed by atoms with Gasteiger partial charge >= 0.3 is 6.03 Å². The Balaban J connectivity index is 1.52. The Morgan fingerprint density at radius 3 is 2.41 bits per heavy atom. The molecule has 0 saturated heterocycles. The second-order valence-electron chi connectivity index (χ2n) is 12.4. The van der Waals surface area contributed by atoms with Gasteiger partial charge in [-0.15, -0.1) is 0 Å². The largest absolute Gasteiger partial charge is 0.395 e. The van der Waals surface area contributed by atoms with E-state index in [9.17, 15) is 19.5 Å². The van der Waals surface area contributed by atoms with E-state index >= 15 is 0 Å². The Kier molecular flexibility index (Phi) is 11.9. The highest BCUT2D eigenvalue weighted by Crippen LogP contribution is 2.36. The van der Waals surface area contributed by atoms with Crippen molar-refractivity contribution in [1.29, 1.82) is 0 Å². The van der Waals surface area contributed by atoms with Gasteiger partial charge in [0.05, 0.1) is 31.5 Å². The summed E-state index contributed by atoms with van der Waals surface area (Å²) in [5.41, 5.74) is 4.40. The molecule has 46 heavy (non-hydrogen) atoms. The number of fused-ring (bicyclic) bond motifs is 1. The summed E-state index contributed by atoms with van der Waals surface area (Å²) in [5.74, 6) is -0.463. The van der Waals surface area contributed by atoms with Crippen molar-refractivity contribution in [1.82, 2.24) is 16.0 Å². The molecule has 3 atom stereocenters. The summed E-state index contributed by atoms with van der Waals surface area (Å²) in [6.45, 7) is 5.78. The third-order valence-corrected chi connectivity index (χ3v) is 8.05. The number of anilines is 2. The fraction of sp³-hybridized carbons (Fsp3) is 0.400. The molecule has 1 aliphatic rings. The number of hydrogen-bond acceptors (Lipinski definition) is 7. The van der Waals surface area contributed by atoms with Crippen molar-refractivity contribution in [2.75, 3.05) is 36.5 Å². The van der Waals surface area contributed by atoms with E-state index in [4.69, 9.17) is 10.2 Å². The first-order chi connectivity index (χ1) is 22.0. The molecule has 4 amide bonds. The molecule has 3 aromatic carbocycles. The number of β-amino-alcohol motifs (C(OH)–C–C–N with tert-alkyl or cyclic N) is 1. The number of hydrogen-bond donors (Lipinski definition) is 7. The Morgan fingerprint density at radius 2 is 1.70 bits per heavy atom. The minimum absolute atomic E-state index is 0.0160. The van der Waals surface area contributed by atoms with E-state index in [2.05, 4.69) is 28.2 Å². The topological polar surface area (TPSA) is 163 Å². The van der Waals surface area contributed by atoms with Crippen LogP contribution in [0.25, 0.3) is 11.1 Å². The second kappa shape index (κ2) is 15.8. The minimum Gasteiger partial charge on any atom is -0.395 e. The van der Waals surface area contributed by atoms with E-state index in [0.29, 0.717) is 18.7 Å². The molecule has 11 nitrogen and oxygen atoms in total. The van der Waals surface area contributed by atoms with E-state index in [0.717, 1.165) is 27.9 Å². The molecule has 1 heterocycles. The Bertz CT molecular complexity index is 1490. The lowest BCUT2D eigenvalue weighted by Gasteiger charge is -2.29. The molecule has 0 aromatic heterocycles. The smallest absolute Gasteiger partial charge is 0.319 e. The molecule has 7 N–H and O–H groups in total. The van der Waals surface area contributed by atoms with E-state index in [1.54, 1.807) is 11.0 Å². The molecular weight excluding hydrogens is 586 g/mol. The van der Waals surface area contributed by atoms with Crippen LogP contribution in [0, 0.1) is 0 Å². The monoisotopic (exact) mass is 631 g/mol. The zero-order chi connectivity index (χ0) is 33.3. The minimum atomic E-state index is -0.928. The van der Waals surface area contributed by atoms with E-state index in [-0.39, 0.29) is 50.5 Å². The molecule has 0 saturated carbocycles. The van der Waals surface area contributed by atoms with Crippen molar-refractivity contribution in [2.24, 2.45) is 0 Å². The first-order valence-electron chi connectivity index (χ1n) is 15.6. The van der Waals surface area contributed by atoms with Crippen LogP contribution in [0.4, 0.5) is 16.2 Å². The van der Waals surface area contributed by atoms with Gasteiger partial charge in [-0.25, -0.2) is 4.79 Å². The molecule has 2 unspecified atom stereocenters.